The fraction of sp³-hybridized carbons (Fsp3) is 1.00. The van der Waals surface area contributed by atoms with Crippen molar-refractivity contribution in [3.8, 4) is 0 Å². The third kappa shape index (κ3) is 2.59. The van der Waals surface area contributed by atoms with Gasteiger partial charge in [0.1, 0.15) is 0 Å². The van der Waals surface area contributed by atoms with Crippen LogP contribution in [0.3, 0.4) is 0 Å². The molecule has 3 atom stereocenters. The van der Waals surface area contributed by atoms with Crippen molar-refractivity contribution in [1.29, 1.82) is 0 Å². The number of halogens is 6. The van der Waals surface area contributed by atoms with E-state index in [9.17, 15) is 13.2 Å². The van der Waals surface area contributed by atoms with Gasteiger partial charge in [-0.3, -0.25) is 0 Å². The maximum absolute atomic E-state index is 13.7. The molecule has 0 nitrogen and oxygen atoms in total. The van der Waals surface area contributed by atoms with Crippen LogP contribution in [0, 0.1) is 5.92 Å². The van der Waals surface area contributed by atoms with E-state index in [4.69, 9.17) is 11.6 Å². The lowest BCUT2D eigenvalue weighted by Crippen LogP contribution is -2.46. The van der Waals surface area contributed by atoms with Crippen LogP contribution in [0.4, 0.5) is 13.2 Å². The highest BCUT2D eigenvalue weighted by Crippen LogP contribution is 2.52. The molecule has 0 spiro atoms. The predicted octanol–water partition coefficient (Wildman–Crippen LogP) is 4.83. The lowest BCUT2D eigenvalue weighted by atomic mass is 9.85. The van der Waals surface area contributed by atoms with Crippen molar-refractivity contribution in [1.82, 2.24) is 0 Å². The molecule has 0 aromatic rings. The Balaban J connectivity index is 2.79. The second-order valence-corrected chi connectivity index (χ2v) is 6.25. The minimum absolute atomic E-state index is 0.276. The van der Waals surface area contributed by atoms with Gasteiger partial charge < -0.3 is 0 Å². The molecule has 0 radical (unpaired) electrons. The quantitative estimate of drug-likeness (QED) is 0.620. The molecule has 1 rings (SSSR count). The van der Waals surface area contributed by atoms with Gasteiger partial charge in [0.25, 0.3) is 5.13 Å². The Morgan fingerprint density at radius 1 is 1.14 bits per heavy atom. The summed E-state index contributed by atoms with van der Waals surface area (Å²) in [4.78, 5) is -3.96. The molecule has 0 N–H and O–H groups in total. The van der Waals surface area contributed by atoms with Gasteiger partial charge in [0.2, 0.25) is 0 Å². The summed E-state index contributed by atoms with van der Waals surface area (Å²) in [6, 6.07) is 0. The van der Waals surface area contributed by atoms with E-state index in [0.717, 1.165) is 12.8 Å². The first-order valence-corrected chi connectivity index (χ1v) is 6.44. The van der Waals surface area contributed by atoms with Crippen LogP contribution in [0.1, 0.15) is 25.7 Å². The van der Waals surface area contributed by atoms with E-state index in [1.165, 1.54) is 0 Å². The van der Waals surface area contributed by atoms with Crippen LogP contribution in [-0.4, -0.2) is 14.8 Å². The Kier molecular flexibility index (Phi) is 4.21. The lowest BCUT2D eigenvalue weighted by Gasteiger charge is -2.37. The van der Waals surface area contributed by atoms with Gasteiger partial charge in [-0.05, 0) is 28.8 Å². The molecule has 84 valence electrons. The first kappa shape index (κ1) is 13.1. The Labute approximate surface area is 103 Å². The fourth-order valence-corrected chi connectivity index (χ4v) is 3.36. The van der Waals surface area contributed by atoms with E-state index >= 15 is 0 Å². The minimum Gasteiger partial charge on any atom is -0.218 e. The van der Waals surface area contributed by atoms with Gasteiger partial charge in [-0.1, -0.05) is 40.4 Å². The highest BCUT2D eigenvalue weighted by molar-refractivity contribution is 9.10. The lowest BCUT2D eigenvalue weighted by molar-refractivity contribution is -0.0447. The SMILES string of the molecule is FC(F)(Br)[C@](F)(Cl)[C@H]1CCCC[C@H]1Br. The van der Waals surface area contributed by atoms with Crippen molar-refractivity contribution < 1.29 is 13.2 Å². The van der Waals surface area contributed by atoms with Crippen molar-refractivity contribution in [2.45, 2.75) is 40.5 Å². The summed E-state index contributed by atoms with van der Waals surface area (Å²) in [5, 5.41) is -3.01. The first-order chi connectivity index (χ1) is 6.27. The second kappa shape index (κ2) is 4.50. The van der Waals surface area contributed by atoms with Gasteiger partial charge in [-0.2, -0.15) is 8.78 Å². The Morgan fingerprint density at radius 3 is 2.07 bits per heavy atom. The monoisotopic (exact) mass is 356 g/mol. The molecule has 14 heavy (non-hydrogen) atoms. The summed E-state index contributed by atoms with van der Waals surface area (Å²) < 4.78 is 39.4. The summed E-state index contributed by atoms with van der Waals surface area (Å²) in [5.74, 6) is -0.854. The van der Waals surface area contributed by atoms with Crippen LogP contribution in [-0.2, 0) is 0 Å². The largest absolute Gasteiger partial charge is 0.348 e. The van der Waals surface area contributed by atoms with Gasteiger partial charge in [-0.25, -0.2) is 4.39 Å². The molecular formula is C8H10Br2ClF3. The third-order valence-electron chi connectivity index (χ3n) is 2.53. The molecule has 0 bridgehead atoms. The van der Waals surface area contributed by atoms with E-state index in [0.29, 0.717) is 12.8 Å². The van der Waals surface area contributed by atoms with E-state index in [1.807, 2.05) is 15.9 Å². The molecule has 0 aromatic heterocycles. The number of rotatable bonds is 2. The Morgan fingerprint density at radius 2 is 1.64 bits per heavy atom. The molecule has 0 saturated heterocycles. The van der Waals surface area contributed by atoms with Crippen molar-refractivity contribution in [3.05, 3.63) is 0 Å². The second-order valence-electron chi connectivity index (χ2n) is 3.53. The molecule has 0 unspecified atom stereocenters. The number of alkyl halides is 6. The van der Waals surface area contributed by atoms with Crippen LogP contribution in [0.5, 0.6) is 0 Å². The van der Waals surface area contributed by atoms with Gasteiger partial charge in [-0.15, -0.1) is 0 Å². The topological polar surface area (TPSA) is 0 Å². The Bertz CT molecular complexity index is 205. The molecule has 0 aromatic carbocycles. The molecule has 1 fully saturated rings. The normalized spacial score (nSPS) is 33.9. The average Bonchev–Trinajstić information content (AvgIpc) is 2.02. The van der Waals surface area contributed by atoms with Gasteiger partial charge in [0, 0.05) is 10.7 Å². The number of hydrogen-bond donors (Lipinski definition) is 0. The maximum atomic E-state index is 13.7. The highest BCUT2D eigenvalue weighted by atomic mass is 79.9. The molecule has 1 aliphatic carbocycles. The summed E-state index contributed by atoms with van der Waals surface area (Å²) in [5.41, 5.74) is 0. The summed E-state index contributed by atoms with van der Waals surface area (Å²) in [6.07, 6.45) is 2.74. The van der Waals surface area contributed by atoms with Crippen LogP contribution in [0.15, 0.2) is 0 Å². The zero-order chi connectivity index (χ0) is 11.0. The molecule has 1 saturated carbocycles. The van der Waals surface area contributed by atoms with E-state index < -0.39 is 15.9 Å². The fourth-order valence-electron chi connectivity index (χ4n) is 1.70. The van der Waals surface area contributed by atoms with Crippen molar-refractivity contribution in [3.63, 3.8) is 0 Å². The minimum atomic E-state index is -3.68. The maximum Gasteiger partial charge on any atom is 0.348 e. The highest BCUT2D eigenvalue weighted by Gasteiger charge is 2.58. The van der Waals surface area contributed by atoms with E-state index in [1.54, 1.807) is 0 Å². The van der Waals surface area contributed by atoms with Gasteiger partial charge in [0.15, 0.2) is 0 Å². The molecule has 0 heterocycles. The predicted molar refractivity (Wildman–Crippen MR) is 58.2 cm³/mol. The van der Waals surface area contributed by atoms with Crippen molar-refractivity contribution >= 4 is 43.5 Å². The number of hydrogen-bond acceptors (Lipinski definition) is 0. The van der Waals surface area contributed by atoms with Gasteiger partial charge in [0.05, 0.1) is 0 Å². The van der Waals surface area contributed by atoms with Crippen molar-refractivity contribution in [2.75, 3.05) is 0 Å². The van der Waals surface area contributed by atoms with Gasteiger partial charge >= 0.3 is 4.83 Å². The first-order valence-electron chi connectivity index (χ1n) is 4.35. The van der Waals surface area contributed by atoms with Crippen LogP contribution in [0.2, 0.25) is 0 Å². The molecule has 0 aliphatic heterocycles. The summed E-state index contributed by atoms with van der Waals surface area (Å²) >= 11 is 10.5. The smallest absolute Gasteiger partial charge is 0.218 e. The summed E-state index contributed by atoms with van der Waals surface area (Å²) in [6.45, 7) is 0. The summed E-state index contributed by atoms with van der Waals surface area (Å²) in [7, 11) is 0. The van der Waals surface area contributed by atoms with E-state index in [2.05, 4.69) is 15.9 Å². The molecule has 0 amide bonds. The standard InChI is InChI=1S/C8H10Br2ClF3/c9-6-4-2-1-3-5(6)7(11,12)8(10,13)14/h5-6H,1-4H2/t5-,6+,7-/m0/s1. The molecule has 1 aliphatic rings. The van der Waals surface area contributed by atoms with Crippen LogP contribution in [0.25, 0.3) is 0 Å². The zero-order valence-electron chi connectivity index (χ0n) is 7.25. The third-order valence-corrected chi connectivity index (χ3v) is 4.94. The molecule has 6 heteroatoms. The van der Waals surface area contributed by atoms with Crippen LogP contribution < -0.4 is 0 Å². The average molecular weight is 358 g/mol. The Hall–Kier alpha value is 1.04. The molecular weight excluding hydrogens is 348 g/mol. The van der Waals surface area contributed by atoms with E-state index in [-0.39, 0.29) is 4.83 Å². The zero-order valence-corrected chi connectivity index (χ0v) is 11.2. The van der Waals surface area contributed by atoms with Crippen molar-refractivity contribution in [2.24, 2.45) is 5.92 Å². The van der Waals surface area contributed by atoms with Crippen LogP contribution >= 0.6 is 43.5 Å².